The summed E-state index contributed by atoms with van der Waals surface area (Å²) in [6.45, 7) is 4.51. The van der Waals surface area contributed by atoms with E-state index in [1.807, 2.05) is 12.1 Å². The molecule has 8 heteroatoms. The van der Waals surface area contributed by atoms with Crippen LogP contribution in [-0.2, 0) is 4.74 Å². The Kier molecular flexibility index (Phi) is 3.83. The number of hydrogen-bond acceptors (Lipinski definition) is 5. The second-order valence-electron chi connectivity index (χ2n) is 6.33. The Morgan fingerprint density at radius 3 is 2.58 bits per heavy atom. The summed E-state index contributed by atoms with van der Waals surface area (Å²) in [7, 11) is 0. The van der Waals surface area contributed by atoms with Crippen LogP contribution in [0, 0.1) is 5.41 Å². The van der Waals surface area contributed by atoms with Gasteiger partial charge in [-0.05, 0) is 30.3 Å². The minimum atomic E-state index is 0.160. The molecule has 1 saturated heterocycles. The summed E-state index contributed by atoms with van der Waals surface area (Å²) < 4.78 is 6.96. The van der Waals surface area contributed by atoms with Gasteiger partial charge < -0.3 is 10.1 Å². The second-order valence-corrected chi connectivity index (χ2v) is 7.20. The molecule has 0 atom stereocenters. The van der Waals surface area contributed by atoms with Crippen LogP contribution in [0.3, 0.4) is 0 Å². The Bertz CT molecular complexity index is 886. The molecular formula is C16H15Cl2N5O. The quantitative estimate of drug-likeness (QED) is 0.767. The third-order valence-electron chi connectivity index (χ3n) is 3.98. The molecule has 0 radical (unpaired) electrons. The molecule has 6 nitrogen and oxygen atoms in total. The molecule has 124 valence electrons. The van der Waals surface area contributed by atoms with Crippen LogP contribution >= 0.6 is 23.2 Å². The zero-order valence-electron chi connectivity index (χ0n) is 13.0. The summed E-state index contributed by atoms with van der Waals surface area (Å²) in [5.74, 6) is 1.35. The molecule has 24 heavy (non-hydrogen) atoms. The molecular weight excluding hydrogens is 349 g/mol. The lowest BCUT2D eigenvalue weighted by molar-refractivity contribution is -0.0924. The lowest BCUT2D eigenvalue weighted by Gasteiger charge is -2.38. The van der Waals surface area contributed by atoms with Gasteiger partial charge in [0.05, 0.1) is 13.2 Å². The average Bonchev–Trinajstić information content (AvgIpc) is 2.93. The molecule has 2 aromatic heterocycles. The smallest absolute Gasteiger partial charge is 0.185 e. The Hall–Kier alpha value is -1.89. The molecule has 0 amide bonds. The van der Waals surface area contributed by atoms with E-state index in [-0.39, 0.29) is 5.41 Å². The minimum Gasteiger partial charge on any atom is -0.380 e. The highest BCUT2D eigenvalue weighted by Crippen LogP contribution is 2.28. The maximum Gasteiger partial charge on any atom is 0.185 e. The van der Waals surface area contributed by atoms with Crippen LogP contribution in [0.4, 0.5) is 5.82 Å². The number of benzene rings is 1. The molecule has 0 aliphatic carbocycles. The third kappa shape index (κ3) is 2.92. The molecule has 1 aliphatic rings. The molecule has 3 heterocycles. The van der Waals surface area contributed by atoms with Crippen molar-refractivity contribution < 1.29 is 4.74 Å². The van der Waals surface area contributed by atoms with Crippen molar-refractivity contribution in [1.29, 1.82) is 0 Å². The molecule has 3 aromatic rings. The summed E-state index contributed by atoms with van der Waals surface area (Å²) in [4.78, 5) is 0. The van der Waals surface area contributed by atoms with Gasteiger partial charge in [0.1, 0.15) is 5.82 Å². The van der Waals surface area contributed by atoms with E-state index >= 15 is 0 Å². The molecule has 4 rings (SSSR count). The van der Waals surface area contributed by atoms with Crippen LogP contribution in [0.25, 0.3) is 17.0 Å². The first-order valence-electron chi connectivity index (χ1n) is 7.53. The number of fused-ring (bicyclic) bond motifs is 1. The van der Waals surface area contributed by atoms with Crippen molar-refractivity contribution in [2.24, 2.45) is 5.41 Å². The van der Waals surface area contributed by atoms with E-state index in [1.54, 1.807) is 22.7 Å². The van der Waals surface area contributed by atoms with Gasteiger partial charge in [-0.2, -0.15) is 4.52 Å². The van der Waals surface area contributed by atoms with Gasteiger partial charge in [-0.25, -0.2) is 0 Å². The van der Waals surface area contributed by atoms with Crippen molar-refractivity contribution in [2.45, 2.75) is 6.92 Å². The van der Waals surface area contributed by atoms with E-state index in [2.05, 4.69) is 27.5 Å². The van der Waals surface area contributed by atoms with Crippen molar-refractivity contribution in [3.05, 3.63) is 40.4 Å². The van der Waals surface area contributed by atoms with E-state index in [0.717, 1.165) is 31.1 Å². The lowest BCUT2D eigenvalue weighted by atomic mass is 9.89. The maximum absolute atomic E-state index is 6.09. The summed E-state index contributed by atoms with van der Waals surface area (Å²) in [6.07, 6.45) is 0. The van der Waals surface area contributed by atoms with Crippen molar-refractivity contribution in [3.8, 4) is 11.4 Å². The molecule has 0 bridgehead atoms. The number of ether oxygens (including phenoxy) is 1. The number of nitrogens with one attached hydrogen (secondary N) is 1. The Morgan fingerprint density at radius 2 is 1.92 bits per heavy atom. The third-order valence-corrected chi connectivity index (χ3v) is 4.42. The maximum atomic E-state index is 6.09. The van der Waals surface area contributed by atoms with Gasteiger partial charge in [0, 0.05) is 27.6 Å². The number of halogens is 2. The number of anilines is 1. The first-order chi connectivity index (χ1) is 11.5. The Balaban J connectivity index is 1.68. The van der Waals surface area contributed by atoms with Crippen LogP contribution in [0.1, 0.15) is 6.92 Å². The van der Waals surface area contributed by atoms with Crippen molar-refractivity contribution >= 4 is 34.7 Å². The van der Waals surface area contributed by atoms with E-state index in [1.165, 1.54) is 0 Å². The van der Waals surface area contributed by atoms with Gasteiger partial charge in [-0.1, -0.05) is 30.1 Å². The predicted molar refractivity (Wildman–Crippen MR) is 93.7 cm³/mol. The molecule has 1 fully saturated rings. The van der Waals surface area contributed by atoms with Crippen LogP contribution in [0.2, 0.25) is 10.0 Å². The number of hydrogen-bond donors (Lipinski definition) is 1. The number of nitrogens with zero attached hydrogens (tertiary/aromatic N) is 4. The molecule has 1 aliphatic heterocycles. The van der Waals surface area contributed by atoms with Crippen LogP contribution in [0.5, 0.6) is 0 Å². The zero-order valence-corrected chi connectivity index (χ0v) is 14.5. The van der Waals surface area contributed by atoms with Gasteiger partial charge in [0.2, 0.25) is 0 Å². The molecule has 0 saturated carbocycles. The summed E-state index contributed by atoms with van der Waals surface area (Å²) >= 11 is 12.2. The van der Waals surface area contributed by atoms with Crippen molar-refractivity contribution in [3.63, 3.8) is 0 Å². The van der Waals surface area contributed by atoms with E-state index in [9.17, 15) is 0 Å². The van der Waals surface area contributed by atoms with E-state index < -0.39 is 0 Å². The van der Waals surface area contributed by atoms with Gasteiger partial charge >= 0.3 is 0 Å². The lowest BCUT2D eigenvalue weighted by Crippen LogP contribution is -2.45. The minimum absolute atomic E-state index is 0.160. The van der Waals surface area contributed by atoms with Crippen molar-refractivity contribution in [2.75, 3.05) is 25.1 Å². The van der Waals surface area contributed by atoms with E-state index in [0.29, 0.717) is 21.5 Å². The number of aromatic nitrogens is 4. The van der Waals surface area contributed by atoms with Crippen LogP contribution in [0.15, 0.2) is 30.3 Å². The standard InChI is InChI=1S/C16H15Cl2N5O/c1-16(8-24-9-16)7-19-13-2-3-14-20-21-15(23(14)22-13)10-4-11(17)6-12(18)5-10/h2-6H,7-9H2,1H3,(H,19,22). The van der Waals surface area contributed by atoms with Gasteiger partial charge in [0.15, 0.2) is 11.5 Å². The molecule has 1 aromatic carbocycles. The van der Waals surface area contributed by atoms with Gasteiger partial charge in [-0.15, -0.1) is 15.3 Å². The SMILES string of the molecule is CC1(CNc2ccc3nnc(-c4cc(Cl)cc(Cl)c4)n3n2)COC1. The first kappa shape index (κ1) is 15.6. The molecule has 0 unspecified atom stereocenters. The summed E-state index contributed by atoms with van der Waals surface area (Å²) in [5, 5.41) is 17.4. The highest BCUT2D eigenvalue weighted by molar-refractivity contribution is 6.35. The van der Waals surface area contributed by atoms with E-state index in [4.69, 9.17) is 27.9 Å². The fourth-order valence-corrected chi connectivity index (χ4v) is 3.13. The summed E-state index contributed by atoms with van der Waals surface area (Å²) in [6, 6.07) is 9.02. The second kappa shape index (κ2) is 5.88. The largest absolute Gasteiger partial charge is 0.380 e. The summed E-state index contributed by atoms with van der Waals surface area (Å²) in [5.41, 5.74) is 1.58. The normalized spacial score (nSPS) is 16.1. The van der Waals surface area contributed by atoms with Gasteiger partial charge in [0.25, 0.3) is 0 Å². The van der Waals surface area contributed by atoms with Crippen LogP contribution < -0.4 is 5.32 Å². The fourth-order valence-electron chi connectivity index (χ4n) is 2.60. The number of rotatable bonds is 4. The fraction of sp³-hybridized carbons (Fsp3) is 0.312. The van der Waals surface area contributed by atoms with Gasteiger partial charge in [-0.3, -0.25) is 0 Å². The monoisotopic (exact) mass is 363 g/mol. The predicted octanol–water partition coefficient (Wildman–Crippen LogP) is 3.55. The first-order valence-corrected chi connectivity index (χ1v) is 8.29. The molecule has 1 N–H and O–H groups in total. The zero-order chi connectivity index (χ0) is 16.7. The average molecular weight is 364 g/mol. The Labute approximate surface area is 148 Å². The highest BCUT2D eigenvalue weighted by Gasteiger charge is 2.33. The topological polar surface area (TPSA) is 64.3 Å². The highest BCUT2D eigenvalue weighted by atomic mass is 35.5. The van der Waals surface area contributed by atoms with Crippen LogP contribution in [-0.4, -0.2) is 39.6 Å². The van der Waals surface area contributed by atoms with Crippen molar-refractivity contribution in [1.82, 2.24) is 19.8 Å². The Morgan fingerprint density at radius 1 is 1.17 bits per heavy atom. The molecule has 0 spiro atoms.